The summed E-state index contributed by atoms with van der Waals surface area (Å²) >= 11 is 1.72. The fourth-order valence-electron chi connectivity index (χ4n) is 2.78. The van der Waals surface area contributed by atoms with Gasteiger partial charge >= 0.3 is 0 Å². The Balaban J connectivity index is 1.81. The van der Waals surface area contributed by atoms with Crippen molar-refractivity contribution in [2.45, 2.75) is 31.7 Å². The zero-order valence-electron chi connectivity index (χ0n) is 13.0. The van der Waals surface area contributed by atoms with Gasteiger partial charge in [-0.05, 0) is 18.4 Å². The molecule has 0 radical (unpaired) electrons. The van der Waals surface area contributed by atoms with Crippen molar-refractivity contribution < 1.29 is 4.79 Å². The lowest BCUT2D eigenvalue weighted by molar-refractivity contribution is -0.121. The van der Waals surface area contributed by atoms with Crippen LogP contribution < -0.4 is 10.2 Å². The van der Waals surface area contributed by atoms with Crippen molar-refractivity contribution in [3.63, 3.8) is 0 Å². The van der Waals surface area contributed by atoms with E-state index in [9.17, 15) is 4.79 Å². The molecule has 1 atom stereocenters. The molecule has 0 bridgehead atoms. The number of carbonyl (C=O) groups excluding carboxylic acids is 1. The highest BCUT2D eigenvalue weighted by atomic mass is 32.1. The van der Waals surface area contributed by atoms with Crippen molar-refractivity contribution in [2.24, 2.45) is 0 Å². The van der Waals surface area contributed by atoms with Crippen LogP contribution in [0.4, 0.5) is 5.13 Å². The molecule has 1 aromatic heterocycles. The zero-order chi connectivity index (χ0) is 15.5. The number of amides is 1. The Morgan fingerprint density at radius 1 is 1.32 bits per heavy atom. The molecule has 5 heteroatoms. The minimum absolute atomic E-state index is 0.134. The molecule has 116 valence electrons. The molecule has 1 aromatic carbocycles. The number of hydrogen-bond donors (Lipinski definition) is 1. The molecular weight excluding hydrogens is 294 g/mol. The molecule has 1 aliphatic heterocycles. The Kier molecular flexibility index (Phi) is 4.43. The molecule has 1 N–H and O–H groups in total. The van der Waals surface area contributed by atoms with Crippen molar-refractivity contribution in [1.82, 2.24) is 10.3 Å². The number of thiazole rings is 1. The van der Waals surface area contributed by atoms with E-state index in [2.05, 4.69) is 34.6 Å². The van der Waals surface area contributed by atoms with Gasteiger partial charge in [-0.2, -0.15) is 0 Å². The molecule has 1 unspecified atom stereocenters. The number of hydrogen-bond acceptors (Lipinski definition) is 4. The Labute approximate surface area is 135 Å². The van der Waals surface area contributed by atoms with Crippen LogP contribution in [0.5, 0.6) is 0 Å². The maximum absolute atomic E-state index is 11.9. The van der Waals surface area contributed by atoms with Gasteiger partial charge in [0, 0.05) is 31.3 Å². The molecule has 1 amide bonds. The lowest BCUT2D eigenvalue weighted by Gasteiger charge is -2.13. The van der Waals surface area contributed by atoms with E-state index in [0.717, 1.165) is 23.7 Å². The van der Waals surface area contributed by atoms with Gasteiger partial charge in [-0.1, -0.05) is 30.3 Å². The molecular formula is C17H21N3OS. The average Bonchev–Trinajstić information content (AvgIpc) is 2.89. The molecule has 4 nitrogen and oxygen atoms in total. The highest BCUT2D eigenvalue weighted by Gasteiger charge is 2.26. The normalized spacial score (nSPS) is 17.5. The van der Waals surface area contributed by atoms with Crippen molar-refractivity contribution in [1.29, 1.82) is 0 Å². The topological polar surface area (TPSA) is 45.2 Å². The van der Waals surface area contributed by atoms with Gasteiger partial charge in [0.25, 0.3) is 0 Å². The van der Waals surface area contributed by atoms with Crippen LogP contribution >= 0.6 is 11.3 Å². The van der Waals surface area contributed by atoms with Gasteiger partial charge < -0.3 is 10.2 Å². The van der Waals surface area contributed by atoms with Crippen molar-refractivity contribution in [3.05, 3.63) is 46.5 Å². The van der Waals surface area contributed by atoms with Crippen LogP contribution in [0.15, 0.2) is 30.3 Å². The quantitative estimate of drug-likeness (QED) is 0.943. The highest BCUT2D eigenvalue weighted by molar-refractivity contribution is 7.15. The fraction of sp³-hybridized carbons (Fsp3) is 0.412. The van der Waals surface area contributed by atoms with Crippen LogP contribution in [-0.4, -0.2) is 25.0 Å². The van der Waals surface area contributed by atoms with Gasteiger partial charge in [0.05, 0.1) is 12.2 Å². The van der Waals surface area contributed by atoms with Gasteiger partial charge in [0.1, 0.15) is 0 Å². The van der Waals surface area contributed by atoms with Crippen LogP contribution in [0.2, 0.25) is 0 Å². The smallest absolute Gasteiger partial charge is 0.220 e. The molecule has 0 fully saturated rings. The molecule has 0 saturated heterocycles. The first-order chi connectivity index (χ1) is 10.6. The molecule has 0 saturated carbocycles. The number of aromatic nitrogens is 1. The number of fused-ring (bicyclic) bond motifs is 1. The van der Waals surface area contributed by atoms with Gasteiger partial charge in [-0.25, -0.2) is 4.98 Å². The summed E-state index contributed by atoms with van der Waals surface area (Å²) in [7, 11) is 4.02. The molecule has 2 heterocycles. The molecule has 0 aliphatic carbocycles. The minimum Gasteiger partial charge on any atom is -0.354 e. The third-order valence-electron chi connectivity index (χ3n) is 3.98. The summed E-state index contributed by atoms with van der Waals surface area (Å²) in [6, 6.07) is 10.5. The van der Waals surface area contributed by atoms with E-state index >= 15 is 0 Å². The van der Waals surface area contributed by atoms with E-state index in [1.54, 1.807) is 11.3 Å². The fourth-order valence-corrected chi connectivity index (χ4v) is 3.92. The maximum atomic E-state index is 11.9. The number of anilines is 1. The Hall–Kier alpha value is -1.88. The lowest BCUT2D eigenvalue weighted by Crippen LogP contribution is -2.21. The van der Waals surface area contributed by atoms with Crippen LogP contribution in [0.25, 0.3) is 0 Å². The summed E-state index contributed by atoms with van der Waals surface area (Å²) in [5, 5.41) is 3.99. The summed E-state index contributed by atoms with van der Waals surface area (Å²) in [6.07, 6.45) is 2.54. The second-order valence-corrected chi connectivity index (χ2v) is 6.91. The van der Waals surface area contributed by atoms with Crippen molar-refractivity contribution in [3.8, 4) is 0 Å². The molecule has 22 heavy (non-hydrogen) atoms. The van der Waals surface area contributed by atoms with Crippen LogP contribution in [0.1, 0.15) is 34.9 Å². The first-order valence-electron chi connectivity index (χ1n) is 7.61. The minimum atomic E-state index is 0.134. The Morgan fingerprint density at radius 2 is 2.09 bits per heavy atom. The monoisotopic (exact) mass is 315 g/mol. The second-order valence-electron chi connectivity index (χ2n) is 5.90. The number of rotatable bonds is 4. The third-order valence-corrected chi connectivity index (χ3v) is 5.41. The van der Waals surface area contributed by atoms with Gasteiger partial charge in [0.2, 0.25) is 5.91 Å². The molecule has 1 aliphatic rings. The lowest BCUT2D eigenvalue weighted by atomic mass is 9.94. The molecule has 3 rings (SSSR count). The number of carbonyl (C=O) groups is 1. The van der Waals surface area contributed by atoms with E-state index < -0.39 is 0 Å². The summed E-state index contributed by atoms with van der Waals surface area (Å²) in [4.78, 5) is 19.9. The number of benzene rings is 1. The largest absolute Gasteiger partial charge is 0.354 e. The Bertz CT molecular complexity index is 651. The summed E-state index contributed by atoms with van der Waals surface area (Å²) in [6.45, 7) is 0.556. The first-order valence-corrected chi connectivity index (χ1v) is 8.42. The third kappa shape index (κ3) is 3.30. The summed E-state index contributed by atoms with van der Waals surface area (Å²) < 4.78 is 0. The van der Waals surface area contributed by atoms with Gasteiger partial charge in [-0.15, -0.1) is 11.3 Å². The van der Waals surface area contributed by atoms with E-state index in [1.165, 1.54) is 10.4 Å². The predicted molar refractivity (Wildman–Crippen MR) is 90.4 cm³/mol. The van der Waals surface area contributed by atoms with E-state index in [0.29, 0.717) is 13.0 Å². The zero-order valence-corrected chi connectivity index (χ0v) is 13.8. The SMILES string of the molecule is CN(C)c1nc2c(s1)C(CCc1ccccc1)CC(=O)NC2. The Morgan fingerprint density at radius 3 is 2.82 bits per heavy atom. The van der Waals surface area contributed by atoms with Gasteiger partial charge in [0.15, 0.2) is 5.13 Å². The second kappa shape index (κ2) is 6.48. The number of nitrogens with zero attached hydrogens (tertiary/aromatic N) is 2. The first kappa shape index (κ1) is 15.0. The van der Waals surface area contributed by atoms with Gasteiger partial charge in [-0.3, -0.25) is 4.79 Å². The number of aryl methyl sites for hydroxylation is 1. The van der Waals surface area contributed by atoms with Crippen molar-refractivity contribution in [2.75, 3.05) is 19.0 Å². The standard InChI is InChI=1S/C17H21N3OS/c1-20(2)17-19-14-11-18-15(21)10-13(16(14)22-17)9-8-12-6-4-3-5-7-12/h3-7,13H,8-11H2,1-2H3,(H,18,21). The van der Waals surface area contributed by atoms with E-state index in [1.807, 2.05) is 25.1 Å². The van der Waals surface area contributed by atoms with Crippen LogP contribution in [-0.2, 0) is 17.8 Å². The van der Waals surface area contributed by atoms with Crippen molar-refractivity contribution >= 4 is 22.4 Å². The predicted octanol–water partition coefficient (Wildman–Crippen LogP) is 2.95. The maximum Gasteiger partial charge on any atom is 0.220 e. The number of nitrogens with one attached hydrogen (secondary N) is 1. The average molecular weight is 315 g/mol. The molecule has 0 spiro atoms. The molecule has 2 aromatic rings. The summed E-state index contributed by atoms with van der Waals surface area (Å²) in [5.41, 5.74) is 2.36. The van der Waals surface area contributed by atoms with Crippen LogP contribution in [0.3, 0.4) is 0 Å². The van der Waals surface area contributed by atoms with E-state index in [4.69, 9.17) is 0 Å². The van der Waals surface area contributed by atoms with Crippen LogP contribution in [0, 0.1) is 0 Å². The van der Waals surface area contributed by atoms with E-state index in [-0.39, 0.29) is 11.8 Å². The summed E-state index contributed by atoms with van der Waals surface area (Å²) in [5.74, 6) is 0.401. The highest BCUT2D eigenvalue weighted by Crippen LogP contribution is 2.37.